The Hall–Kier alpha value is -1.06. The maximum absolute atomic E-state index is 12.3. The number of piperidine rings is 1. The normalized spacial score (nSPS) is 20.1. The number of hydrogen-bond acceptors (Lipinski definition) is 2. The fourth-order valence-corrected chi connectivity index (χ4v) is 2.76. The Bertz CT molecular complexity index is 431. The standard InChI is InChI=1S/C16H24N2O.ClH/c1-12-6-8-14(9-7-12)15-5-3-4-10-18(15)16(19)11-13(2)17;/h6-9,13,15H,3-5,10-11,17H2,1-2H3;1H. The van der Waals surface area contributed by atoms with Crippen molar-refractivity contribution in [2.45, 2.75) is 51.6 Å². The van der Waals surface area contributed by atoms with Crippen molar-refractivity contribution < 1.29 is 4.79 Å². The van der Waals surface area contributed by atoms with E-state index in [2.05, 4.69) is 31.2 Å². The van der Waals surface area contributed by atoms with Crippen molar-refractivity contribution in [3.63, 3.8) is 0 Å². The summed E-state index contributed by atoms with van der Waals surface area (Å²) in [6.07, 6.45) is 3.81. The summed E-state index contributed by atoms with van der Waals surface area (Å²) >= 11 is 0. The van der Waals surface area contributed by atoms with E-state index >= 15 is 0 Å². The van der Waals surface area contributed by atoms with Gasteiger partial charge in [0.2, 0.25) is 5.91 Å². The van der Waals surface area contributed by atoms with Crippen LogP contribution < -0.4 is 5.73 Å². The molecule has 1 saturated heterocycles. The predicted octanol–water partition coefficient (Wildman–Crippen LogP) is 3.21. The molecule has 1 amide bonds. The van der Waals surface area contributed by atoms with Crippen LogP contribution in [0, 0.1) is 6.92 Å². The zero-order valence-electron chi connectivity index (χ0n) is 12.3. The number of carbonyl (C=O) groups excluding carboxylic acids is 1. The minimum atomic E-state index is -0.0619. The summed E-state index contributed by atoms with van der Waals surface area (Å²) in [4.78, 5) is 14.3. The lowest BCUT2D eigenvalue weighted by molar-refractivity contribution is -0.135. The zero-order chi connectivity index (χ0) is 13.8. The van der Waals surface area contributed by atoms with Crippen molar-refractivity contribution in [2.24, 2.45) is 5.73 Å². The number of nitrogens with zero attached hydrogens (tertiary/aromatic N) is 1. The van der Waals surface area contributed by atoms with Gasteiger partial charge in [-0.1, -0.05) is 29.8 Å². The molecule has 3 nitrogen and oxygen atoms in total. The maximum Gasteiger partial charge on any atom is 0.224 e. The third-order valence-electron chi connectivity index (χ3n) is 3.78. The summed E-state index contributed by atoms with van der Waals surface area (Å²) in [5, 5.41) is 0. The number of benzene rings is 1. The summed E-state index contributed by atoms with van der Waals surface area (Å²) in [6.45, 7) is 4.84. The van der Waals surface area contributed by atoms with Gasteiger partial charge < -0.3 is 10.6 Å². The highest BCUT2D eigenvalue weighted by atomic mass is 35.5. The molecule has 1 heterocycles. The van der Waals surface area contributed by atoms with Crippen LogP contribution in [0.3, 0.4) is 0 Å². The summed E-state index contributed by atoms with van der Waals surface area (Å²) < 4.78 is 0. The second-order valence-corrected chi connectivity index (χ2v) is 5.69. The average Bonchev–Trinajstić information content (AvgIpc) is 2.39. The van der Waals surface area contributed by atoms with E-state index in [0.29, 0.717) is 6.42 Å². The summed E-state index contributed by atoms with van der Waals surface area (Å²) in [5.41, 5.74) is 8.27. The van der Waals surface area contributed by atoms with Crippen molar-refractivity contribution in [3.8, 4) is 0 Å². The first-order valence-electron chi connectivity index (χ1n) is 7.19. The molecule has 2 rings (SSSR count). The van der Waals surface area contributed by atoms with E-state index in [9.17, 15) is 4.79 Å². The number of amides is 1. The molecule has 1 fully saturated rings. The smallest absolute Gasteiger partial charge is 0.224 e. The van der Waals surface area contributed by atoms with Crippen LogP contribution in [-0.4, -0.2) is 23.4 Å². The van der Waals surface area contributed by atoms with Crippen molar-refractivity contribution in [1.82, 2.24) is 4.90 Å². The first-order chi connectivity index (χ1) is 9.08. The minimum Gasteiger partial charge on any atom is -0.336 e. The highest BCUT2D eigenvalue weighted by molar-refractivity contribution is 5.85. The Morgan fingerprint density at radius 1 is 1.35 bits per heavy atom. The largest absolute Gasteiger partial charge is 0.336 e. The molecule has 1 aromatic rings. The van der Waals surface area contributed by atoms with Gasteiger partial charge in [0.1, 0.15) is 0 Å². The van der Waals surface area contributed by atoms with Crippen molar-refractivity contribution >= 4 is 18.3 Å². The molecule has 2 atom stereocenters. The molecular weight excluding hydrogens is 272 g/mol. The number of carbonyl (C=O) groups is 1. The quantitative estimate of drug-likeness (QED) is 0.931. The number of hydrogen-bond donors (Lipinski definition) is 1. The van der Waals surface area contributed by atoms with Crippen LogP contribution >= 0.6 is 12.4 Å². The van der Waals surface area contributed by atoms with E-state index in [4.69, 9.17) is 5.73 Å². The van der Waals surface area contributed by atoms with Gasteiger partial charge in [-0.3, -0.25) is 4.79 Å². The van der Waals surface area contributed by atoms with Crippen molar-refractivity contribution in [3.05, 3.63) is 35.4 Å². The molecule has 0 aromatic heterocycles. The van der Waals surface area contributed by atoms with E-state index < -0.39 is 0 Å². The molecule has 0 aliphatic carbocycles. The van der Waals surface area contributed by atoms with E-state index in [1.807, 2.05) is 11.8 Å². The number of rotatable bonds is 3. The third kappa shape index (κ3) is 4.22. The van der Waals surface area contributed by atoms with Crippen LogP contribution in [0.4, 0.5) is 0 Å². The highest BCUT2D eigenvalue weighted by Gasteiger charge is 2.27. The van der Waals surface area contributed by atoms with E-state index in [1.54, 1.807) is 0 Å². The molecule has 0 saturated carbocycles. The highest BCUT2D eigenvalue weighted by Crippen LogP contribution is 2.31. The van der Waals surface area contributed by atoms with Gasteiger partial charge >= 0.3 is 0 Å². The Morgan fingerprint density at radius 2 is 2.00 bits per heavy atom. The Balaban J connectivity index is 0.00000200. The van der Waals surface area contributed by atoms with Gasteiger partial charge in [0.05, 0.1) is 6.04 Å². The van der Waals surface area contributed by atoms with Gasteiger partial charge in [0.15, 0.2) is 0 Å². The second kappa shape index (κ2) is 7.65. The van der Waals surface area contributed by atoms with Gasteiger partial charge in [0.25, 0.3) is 0 Å². The van der Waals surface area contributed by atoms with Gasteiger partial charge in [-0.05, 0) is 38.7 Å². The van der Waals surface area contributed by atoms with Gasteiger partial charge in [0, 0.05) is 19.0 Å². The molecule has 4 heteroatoms. The Kier molecular flexibility index (Phi) is 6.50. The lowest BCUT2D eigenvalue weighted by atomic mass is 9.94. The lowest BCUT2D eigenvalue weighted by Crippen LogP contribution is -2.40. The number of likely N-dealkylation sites (tertiary alicyclic amines) is 1. The van der Waals surface area contributed by atoms with Gasteiger partial charge in [-0.2, -0.15) is 0 Å². The average molecular weight is 297 g/mol. The molecule has 0 bridgehead atoms. The van der Waals surface area contributed by atoms with Crippen LogP contribution in [0.25, 0.3) is 0 Å². The maximum atomic E-state index is 12.3. The number of aryl methyl sites for hydroxylation is 1. The molecule has 1 aliphatic heterocycles. The molecule has 1 aromatic carbocycles. The van der Waals surface area contributed by atoms with Crippen LogP contribution in [0.2, 0.25) is 0 Å². The van der Waals surface area contributed by atoms with Crippen LogP contribution in [0.1, 0.15) is 49.8 Å². The van der Waals surface area contributed by atoms with Crippen LogP contribution in [-0.2, 0) is 4.79 Å². The SMILES string of the molecule is Cc1ccc(C2CCCCN2C(=O)CC(C)N)cc1.Cl. The van der Waals surface area contributed by atoms with Gasteiger partial charge in [-0.15, -0.1) is 12.4 Å². The summed E-state index contributed by atoms with van der Waals surface area (Å²) in [6, 6.07) is 8.72. The number of halogens is 1. The fraction of sp³-hybridized carbons (Fsp3) is 0.562. The first kappa shape index (κ1) is 17.0. The van der Waals surface area contributed by atoms with E-state index in [-0.39, 0.29) is 30.4 Å². The lowest BCUT2D eigenvalue weighted by Gasteiger charge is -2.36. The Morgan fingerprint density at radius 3 is 2.60 bits per heavy atom. The predicted molar refractivity (Wildman–Crippen MR) is 85.0 cm³/mol. The van der Waals surface area contributed by atoms with Crippen LogP contribution in [0.5, 0.6) is 0 Å². The van der Waals surface area contributed by atoms with E-state index in [1.165, 1.54) is 17.5 Å². The third-order valence-corrected chi connectivity index (χ3v) is 3.78. The van der Waals surface area contributed by atoms with Crippen LogP contribution in [0.15, 0.2) is 24.3 Å². The molecule has 2 unspecified atom stereocenters. The molecular formula is C16H25ClN2O. The van der Waals surface area contributed by atoms with Crippen molar-refractivity contribution in [1.29, 1.82) is 0 Å². The second-order valence-electron chi connectivity index (χ2n) is 5.69. The topological polar surface area (TPSA) is 46.3 Å². The summed E-state index contributed by atoms with van der Waals surface area (Å²) in [5.74, 6) is 0.195. The minimum absolute atomic E-state index is 0. The first-order valence-corrected chi connectivity index (χ1v) is 7.19. The number of nitrogens with two attached hydrogens (primary N) is 1. The molecule has 0 spiro atoms. The van der Waals surface area contributed by atoms with Crippen molar-refractivity contribution in [2.75, 3.05) is 6.54 Å². The summed E-state index contributed by atoms with van der Waals surface area (Å²) in [7, 11) is 0. The molecule has 2 N–H and O–H groups in total. The molecule has 0 radical (unpaired) electrons. The Labute approximate surface area is 127 Å². The zero-order valence-corrected chi connectivity index (χ0v) is 13.2. The molecule has 112 valence electrons. The van der Waals surface area contributed by atoms with E-state index in [0.717, 1.165) is 19.4 Å². The fourth-order valence-electron chi connectivity index (χ4n) is 2.76. The molecule has 20 heavy (non-hydrogen) atoms. The van der Waals surface area contributed by atoms with Gasteiger partial charge in [-0.25, -0.2) is 0 Å². The monoisotopic (exact) mass is 296 g/mol. The molecule has 1 aliphatic rings.